The second-order valence-electron chi connectivity index (χ2n) is 9.90. The predicted octanol–water partition coefficient (Wildman–Crippen LogP) is 4.96. The number of aliphatic hydroxyl groups excluding tert-OH is 1. The third kappa shape index (κ3) is 18.9. The van der Waals surface area contributed by atoms with E-state index >= 15 is 0 Å². The molecule has 11 heteroatoms. The Bertz CT molecular complexity index is 860. The summed E-state index contributed by atoms with van der Waals surface area (Å²) < 4.78 is 29.2. The van der Waals surface area contributed by atoms with Crippen molar-refractivity contribution in [3.05, 3.63) is 33.1 Å². The molecule has 0 saturated carbocycles. The van der Waals surface area contributed by atoms with Crippen molar-refractivity contribution < 1.29 is 28.6 Å². The molecular weight excluding hydrogens is 511 g/mol. The highest BCUT2D eigenvalue weighted by Gasteiger charge is 2.22. The molecule has 0 saturated heterocycles. The molecule has 10 nitrogen and oxygen atoms in total. The van der Waals surface area contributed by atoms with E-state index in [0.717, 1.165) is 23.5 Å². The molecule has 0 fully saturated rings. The van der Waals surface area contributed by atoms with Crippen molar-refractivity contribution in [3.8, 4) is 0 Å². The van der Waals surface area contributed by atoms with Crippen LogP contribution in [0.3, 0.4) is 0 Å². The summed E-state index contributed by atoms with van der Waals surface area (Å²) >= 11 is 0. The first-order valence-corrected chi connectivity index (χ1v) is 16.2. The number of aliphatic hydroxyl groups is 1. The Hall–Kier alpha value is -1.29. The lowest BCUT2D eigenvalue weighted by Gasteiger charge is -2.19. The van der Waals surface area contributed by atoms with Crippen LogP contribution in [0.25, 0.3) is 0 Å². The Kier molecular flexibility index (Phi) is 20.6. The van der Waals surface area contributed by atoms with Gasteiger partial charge in [-0.25, -0.2) is 4.79 Å². The van der Waals surface area contributed by atoms with Crippen molar-refractivity contribution in [1.29, 1.82) is 0 Å². The Morgan fingerprint density at radius 1 is 0.868 bits per heavy atom. The third-order valence-electron chi connectivity index (χ3n) is 6.34. The molecule has 0 aromatic carbocycles. The molecule has 1 heterocycles. The maximum atomic E-state index is 12.2. The van der Waals surface area contributed by atoms with Crippen molar-refractivity contribution in [3.63, 3.8) is 0 Å². The smallest absolute Gasteiger partial charge is 0.353 e. The zero-order chi connectivity index (χ0) is 27.9. The molecular formula is C27H51N2O8P. The topological polar surface area (TPSA) is 140 Å². The highest BCUT2D eigenvalue weighted by molar-refractivity contribution is 7.52. The Balaban J connectivity index is 1.95. The van der Waals surface area contributed by atoms with Crippen LogP contribution in [0.4, 0.5) is 0 Å². The van der Waals surface area contributed by atoms with Crippen LogP contribution < -0.4 is 11.2 Å². The lowest BCUT2D eigenvalue weighted by atomic mass is 10.0. The number of rotatable bonds is 26. The lowest BCUT2D eigenvalue weighted by Crippen LogP contribution is -2.34. The van der Waals surface area contributed by atoms with E-state index in [9.17, 15) is 24.2 Å². The molecule has 1 aromatic rings. The van der Waals surface area contributed by atoms with E-state index in [4.69, 9.17) is 14.0 Å². The predicted molar refractivity (Wildman–Crippen MR) is 150 cm³/mol. The van der Waals surface area contributed by atoms with E-state index in [0.29, 0.717) is 19.6 Å². The summed E-state index contributed by atoms with van der Waals surface area (Å²) in [5.41, 5.74) is -1.19. The second-order valence-corrected chi connectivity index (χ2v) is 11.7. The van der Waals surface area contributed by atoms with Gasteiger partial charge in [-0.05, 0) is 12.8 Å². The summed E-state index contributed by atoms with van der Waals surface area (Å²) in [5, 5.41) is 9.43. The van der Waals surface area contributed by atoms with Gasteiger partial charge in [0, 0.05) is 25.5 Å². The summed E-state index contributed by atoms with van der Waals surface area (Å²) in [6, 6.07) is 1.16. The maximum absolute atomic E-state index is 12.2. The average Bonchev–Trinajstić information content (AvgIpc) is 2.89. The minimum Gasteiger partial charge on any atom is -0.394 e. The molecule has 0 radical (unpaired) electrons. The molecule has 0 spiro atoms. The van der Waals surface area contributed by atoms with Gasteiger partial charge in [0.1, 0.15) is 6.35 Å². The summed E-state index contributed by atoms with van der Waals surface area (Å²) in [5.74, 6) is 0. The molecule has 1 rings (SSSR count). The minimum absolute atomic E-state index is 0.0546. The van der Waals surface area contributed by atoms with Crippen molar-refractivity contribution in [2.75, 3.05) is 32.8 Å². The number of nitrogens with one attached hydrogen (secondary N) is 1. The Labute approximate surface area is 227 Å². The standard InChI is InChI=1S/C27H51N2O8P/c1-2-3-4-5-6-7-8-9-10-11-12-13-14-15-19-35-20-16-21-37-38(33,34)24-36-25(23-30)22-29-18-17-26(31)28-27(29)32/h17-18,25,30H,2-16,19-24H2,1H3,(H,33,34)(H,28,31,32)/t25-/m0/s1. The second kappa shape index (κ2) is 22.5. The number of aromatic nitrogens is 2. The van der Waals surface area contributed by atoms with Gasteiger partial charge in [-0.2, -0.15) is 0 Å². The van der Waals surface area contributed by atoms with Crippen LogP contribution in [0.5, 0.6) is 0 Å². The van der Waals surface area contributed by atoms with Crippen molar-refractivity contribution >= 4 is 7.60 Å². The molecule has 3 N–H and O–H groups in total. The van der Waals surface area contributed by atoms with Crippen molar-refractivity contribution in [2.45, 2.75) is 116 Å². The van der Waals surface area contributed by atoms with Gasteiger partial charge in [0.25, 0.3) is 5.56 Å². The van der Waals surface area contributed by atoms with Gasteiger partial charge in [0.2, 0.25) is 0 Å². The number of nitrogens with zero attached hydrogens (tertiary/aromatic N) is 1. The van der Waals surface area contributed by atoms with Gasteiger partial charge in [-0.15, -0.1) is 0 Å². The molecule has 222 valence electrons. The number of hydrogen-bond acceptors (Lipinski definition) is 7. The van der Waals surface area contributed by atoms with E-state index < -0.39 is 37.9 Å². The average molecular weight is 563 g/mol. The first kappa shape index (κ1) is 34.7. The number of ether oxygens (including phenoxy) is 2. The molecule has 2 atom stereocenters. The van der Waals surface area contributed by atoms with E-state index in [1.54, 1.807) is 0 Å². The minimum atomic E-state index is -4.01. The van der Waals surface area contributed by atoms with Gasteiger partial charge >= 0.3 is 13.3 Å². The van der Waals surface area contributed by atoms with Gasteiger partial charge < -0.3 is 24.0 Å². The van der Waals surface area contributed by atoms with Crippen molar-refractivity contribution in [2.24, 2.45) is 0 Å². The first-order chi connectivity index (χ1) is 18.4. The van der Waals surface area contributed by atoms with Crippen LogP contribution in [0.15, 0.2) is 21.9 Å². The van der Waals surface area contributed by atoms with Crippen LogP contribution in [0.1, 0.15) is 103 Å². The SMILES string of the molecule is CCCCCCCCCCCCCCCCOCCCOP(=O)(O)CO[C@H](CO)Cn1ccc(=O)[nH]c1=O. The van der Waals surface area contributed by atoms with Gasteiger partial charge in [0.15, 0.2) is 0 Å². The number of hydrogen-bond donors (Lipinski definition) is 3. The quantitative estimate of drug-likeness (QED) is 0.106. The Morgan fingerprint density at radius 3 is 1.97 bits per heavy atom. The van der Waals surface area contributed by atoms with Gasteiger partial charge in [0.05, 0.1) is 25.9 Å². The zero-order valence-corrected chi connectivity index (χ0v) is 24.2. The number of H-pyrrole nitrogens is 1. The molecule has 0 aliphatic carbocycles. The highest BCUT2D eigenvalue weighted by Crippen LogP contribution is 2.42. The molecule has 1 unspecified atom stereocenters. The summed E-state index contributed by atoms with van der Waals surface area (Å²) in [6.07, 6.45) is 18.6. The summed E-state index contributed by atoms with van der Waals surface area (Å²) in [4.78, 5) is 34.9. The number of aromatic amines is 1. The van der Waals surface area contributed by atoms with Crippen LogP contribution in [-0.4, -0.2) is 58.4 Å². The molecule has 38 heavy (non-hydrogen) atoms. The Morgan fingerprint density at radius 2 is 1.42 bits per heavy atom. The van der Waals surface area contributed by atoms with E-state index in [-0.39, 0.29) is 13.2 Å². The summed E-state index contributed by atoms with van der Waals surface area (Å²) in [7, 11) is -4.01. The monoisotopic (exact) mass is 562 g/mol. The molecule has 0 bridgehead atoms. The number of unbranched alkanes of at least 4 members (excludes halogenated alkanes) is 13. The lowest BCUT2D eigenvalue weighted by molar-refractivity contribution is 0.0162. The fourth-order valence-corrected chi connectivity index (χ4v) is 4.96. The van der Waals surface area contributed by atoms with Crippen LogP contribution in [0, 0.1) is 0 Å². The molecule has 0 amide bonds. The first-order valence-electron chi connectivity index (χ1n) is 14.4. The van der Waals surface area contributed by atoms with Gasteiger partial charge in [-0.1, -0.05) is 90.4 Å². The normalized spacial score (nSPS) is 14.0. The van der Waals surface area contributed by atoms with E-state index in [1.165, 1.54) is 83.2 Å². The van der Waals surface area contributed by atoms with Crippen LogP contribution in [-0.2, 0) is 25.1 Å². The molecule has 0 aliphatic heterocycles. The van der Waals surface area contributed by atoms with E-state index in [1.807, 2.05) is 0 Å². The van der Waals surface area contributed by atoms with E-state index in [2.05, 4.69) is 11.9 Å². The fourth-order valence-electron chi connectivity index (χ4n) is 4.08. The van der Waals surface area contributed by atoms with Crippen LogP contribution in [0.2, 0.25) is 0 Å². The largest absolute Gasteiger partial charge is 0.394 e. The highest BCUT2D eigenvalue weighted by atomic mass is 31.2. The van der Waals surface area contributed by atoms with Crippen molar-refractivity contribution in [1.82, 2.24) is 9.55 Å². The van der Waals surface area contributed by atoms with Gasteiger partial charge in [-0.3, -0.25) is 18.9 Å². The maximum Gasteiger partial charge on any atom is 0.353 e. The fraction of sp³-hybridized carbons (Fsp3) is 0.852. The third-order valence-corrected chi connectivity index (χ3v) is 7.40. The zero-order valence-electron chi connectivity index (χ0n) is 23.3. The summed E-state index contributed by atoms with van der Waals surface area (Å²) in [6.45, 7) is 2.89. The molecule has 1 aromatic heterocycles. The van der Waals surface area contributed by atoms with Crippen LogP contribution >= 0.6 is 7.60 Å². The molecule has 0 aliphatic rings.